The van der Waals surface area contributed by atoms with Crippen molar-refractivity contribution in [3.63, 3.8) is 0 Å². The number of amides is 1. The molecule has 3 N–H and O–H groups in total. The minimum absolute atomic E-state index is 0.114. The standard InChI is InChI=1S/C22H24N4O5S/c1-14(2)26-32(29,30)19-9-7-18(8-10-19)31-13-21(28)24-17-6-4-5-16(12-17)22-23-15(3)11-20(27)25-22/h4-12,14,26H,13H2,1-3H3,(H,24,28)(H,23,25,27). The molecule has 168 valence electrons. The molecule has 0 saturated carbocycles. The number of nitrogens with zero attached hydrogens (tertiary/aromatic N) is 1. The van der Waals surface area contributed by atoms with E-state index in [2.05, 4.69) is 20.0 Å². The van der Waals surface area contributed by atoms with E-state index in [4.69, 9.17) is 4.74 Å². The number of rotatable bonds is 8. The van der Waals surface area contributed by atoms with Crippen LogP contribution in [0, 0.1) is 6.92 Å². The van der Waals surface area contributed by atoms with Gasteiger partial charge in [-0.1, -0.05) is 12.1 Å². The van der Waals surface area contributed by atoms with Gasteiger partial charge in [-0.15, -0.1) is 0 Å². The summed E-state index contributed by atoms with van der Waals surface area (Å²) in [6.07, 6.45) is 0. The SMILES string of the molecule is Cc1cc(=O)[nH]c(-c2cccc(NC(=O)COc3ccc(S(=O)(=O)NC(C)C)cc3)c2)n1. The number of carbonyl (C=O) groups excluding carboxylic acids is 1. The number of nitrogens with one attached hydrogen (secondary N) is 3. The fourth-order valence-corrected chi connectivity index (χ4v) is 4.15. The first kappa shape index (κ1) is 23.2. The number of aromatic nitrogens is 2. The van der Waals surface area contributed by atoms with Crippen LogP contribution < -0.4 is 20.3 Å². The van der Waals surface area contributed by atoms with Gasteiger partial charge in [0.25, 0.3) is 11.5 Å². The summed E-state index contributed by atoms with van der Waals surface area (Å²) < 4.78 is 32.2. The largest absolute Gasteiger partial charge is 0.484 e. The molecule has 9 nitrogen and oxygen atoms in total. The van der Waals surface area contributed by atoms with Crippen LogP contribution in [0.1, 0.15) is 19.5 Å². The highest BCUT2D eigenvalue weighted by Crippen LogP contribution is 2.19. The zero-order valence-corrected chi connectivity index (χ0v) is 18.7. The Labute approximate surface area is 185 Å². The molecule has 0 saturated heterocycles. The molecule has 0 aliphatic rings. The normalized spacial score (nSPS) is 11.4. The average molecular weight is 457 g/mol. The van der Waals surface area contributed by atoms with Crippen molar-refractivity contribution < 1.29 is 17.9 Å². The van der Waals surface area contributed by atoms with Crippen molar-refractivity contribution in [2.45, 2.75) is 31.7 Å². The van der Waals surface area contributed by atoms with Crippen molar-refractivity contribution in [1.29, 1.82) is 0 Å². The smallest absolute Gasteiger partial charge is 0.262 e. The number of hydrogen-bond acceptors (Lipinski definition) is 6. The Kier molecular flexibility index (Phi) is 7.06. The molecule has 0 bridgehead atoms. The van der Waals surface area contributed by atoms with Crippen LogP contribution >= 0.6 is 0 Å². The summed E-state index contributed by atoms with van der Waals surface area (Å²) in [5.74, 6) is 0.370. The Hall–Kier alpha value is -3.50. The van der Waals surface area contributed by atoms with Gasteiger partial charge < -0.3 is 15.0 Å². The van der Waals surface area contributed by atoms with Crippen molar-refractivity contribution in [3.8, 4) is 17.1 Å². The van der Waals surface area contributed by atoms with Gasteiger partial charge in [0, 0.05) is 29.1 Å². The van der Waals surface area contributed by atoms with Crippen LogP contribution in [-0.2, 0) is 14.8 Å². The summed E-state index contributed by atoms with van der Waals surface area (Å²) in [5, 5.41) is 2.72. The van der Waals surface area contributed by atoms with E-state index in [0.717, 1.165) is 0 Å². The number of benzene rings is 2. The summed E-state index contributed by atoms with van der Waals surface area (Å²) in [6.45, 7) is 4.94. The van der Waals surface area contributed by atoms with Crippen LogP contribution in [0.4, 0.5) is 5.69 Å². The monoisotopic (exact) mass is 456 g/mol. The summed E-state index contributed by atoms with van der Waals surface area (Å²) >= 11 is 0. The molecule has 2 aromatic carbocycles. The van der Waals surface area contributed by atoms with Crippen LogP contribution in [0.2, 0.25) is 0 Å². The average Bonchev–Trinajstić information content (AvgIpc) is 2.71. The number of anilines is 1. The van der Waals surface area contributed by atoms with Gasteiger partial charge >= 0.3 is 0 Å². The van der Waals surface area contributed by atoms with E-state index >= 15 is 0 Å². The highest BCUT2D eigenvalue weighted by atomic mass is 32.2. The van der Waals surface area contributed by atoms with E-state index in [1.54, 1.807) is 45.0 Å². The zero-order chi connectivity index (χ0) is 23.3. The second kappa shape index (κ2) is 9.75. The molecule has 0 atom stereocenters. The van der Waals surface area contributed by atoms with Crippen LogP contribution in [0.3, 0.4) is 0 Å². The van der Waals surface area contributed by atoms with Crippen LogP contribution in [0.15, 0.2) is 64.3 Å². The number of aromatic amines is 1. The third-order valence-corrected chi connectivity index (χ3v) is 5.86. The van der Waals surface area contributed by atoms with Crippen LogP contribution in [-0.4, -0.2) is 36.9 Å². The Morgan fingerprint density at radius 3 is 2.50 bits per heavy atom. The predicted octanol–water partition coefficient (Wildman–Crippen LogP) is 2.45. The molecule has 0 spiro atoms. The second-order valence-corrected chi connectivity index (χ2v) is 9.11. The summed E-state index contributed by atoms with van der Waals surface area (Å²) in [6, 6.07) is 13.9. The number of ether oxygens (including phenoxy) is 1. The van der Waals surface area contributed by atoms with E-state index < -0.39 is 15.9 Å². The topological polar surface area (TPSA) is 130 Å². The van der Waals surface area contributed by atoms with Gasteiger partial charge in [0.2, 0.25) is 10.0 Å². The predicted molar refractivity (Wildman–Crippen MR) is 121 cm³/mol. The maximum Gasteiger partial charge on any atom is 0.262 e. The van der Waals surface area contributed by atoms with Gasteiger partial charge in [0.15, 0.2) is 6.61 Å². The number of aryl methyl sites for hydroxylation is 1. The highest BCUT2D eigenvalue weighted by molar-refractivity contribution is 7.89. The lowest BCUT2D eigenvalue weighted by Gasteiger charge is -2.11. The molecule has 0 fully saturated rings. The fourth-order valence-electron chi connectivity index (χ4n) is 2.90. The van der Waals surface area contributed by atoms with E-state index in [-0.39, 0.29) is 23.1 Å². The van der Waals surface area contributed by atoms with Gasteiger partial charge in [-0.05, 0) is 57.2 Å². The molecular formula is C22H24N4O5S. The maximum absolute atomic E-state index is 12.3. The minimum Gasteiger partial charge on any atom is -0.484 e. The van der Waals surface area contributed by atoms with Crippen molar-refractivity contribution in [2.24, 2.45) is 0 Å². The number of H-pyrrole nitrogens is 1. The van der Waals surface area contributed by atoms with Gasteiger partial charge in [0.1, 0.15) is 11.6 Å². The van der Waals surface area contributed by atoms with E-state index in [0.29, 0.717) is 28.5 Å². The van der Waals surface area contributed by atoms with E-state index in [1.807, 2.05) is 0 Å². The first-order chi connectivity index (χ1) is 15.1. The maximum atomic E-state index is 12.3. The molecule has 3 aromatic rings. The quantitative estimate of drug-likeness (QED) is 0.477. The van der Waals surface area contributed by atoms with Crippen molar-refractivity contribution in [1.82, 2.24) is 14.7 Å². The van der Waals surface area contributed by atoms with Crippen molar-refractivity contribution in [3.05, 3.63) is 70.6 Å². The molecular weight excluding hydrogens is 432 g/mol. The minimum atomic E-state index is -3.59. The molecule has 0 unspecified atom stereocenters. The fraction of sp³-hybridized carbons (Fsp3) is 0.227. The van der Waals surface area contributed by atoms with Gasteiger partial charge in [-0.3, -0.25) is 9.59 Å². The molecule has 1 amide bonds. The van der Waals surface area contributed by atoms with E-state index in [1.165, 1.54) is 30.3 Å². The highest BCUT2D eigenvalue weighted by Gasteiger charge is 2.15. The lowest BCUT2D eigenvalue weighted by molar-refractivity contribution is -0.118. The third-order valence-electron chi connectivity index (χ3n) is 4.18. The number of sulfonamides is 1. The van der Waals surface area contributed by atoms with E-state index in [9.17, 15) is 18.0 Å². The molecule has 1 heterocycles. The molecule has 1 aromatic heterocycles. The Morgan fingerprint density at radius 2 is 1.84 bits per heavy atom. The first-order valence-electron chi connectivity index (χ1n) is 9.86. The van der Waals surface area contributed by atoms with Crippen molar-refractivity contribution in [2.75, 3.05) is 11.9 Å². The molecule has 0 aliphatic carbocycles. The molecule has 3 rings (SSSR count). The molecule has 10 heteroatoms. The first-order valence-corrected chi connectivity index (χ1v) is 11.3. The number of carbonyl (C=O) groups is 1. The Morgan fingerprint density at radius 1 is 1.12 bits per heavy atom. The molecule has 0 radical (unpaired) electrons. The summed E-state index contributed by atoms with van der Waals surface area (Å²) in [5.41, 5.74) is 1.50. The Balaban J connectivity index is 1.61. The lowest BCUT2D eigenvalue weighted by atomic mass is 10.2. The lowest BCUT2D eigenvalue weighted by Crippen LogP contribution is -2.30. The number of hydrogen-bond donors (Lipinski definition) is 3. The van der Waals surface area contributed by atoms with Crippen LogP contribution in [0.5, 0.6) is 5.75 Å². The summed E-state index contributed by atoms with van der Waals surface area (Å²) in [7, 11) is -3.59. The van der Waals surface area contributed by atoms with Gasteiger partial charge in [-0.25, -0.2) is 18.1 Å². The zero-order valence-electron chi connectivity index (χ0n) is 17.9. The molecule has 32 heavy (non-hydrogen) atoms. The second-order valence-electron chi connectivity index (χ2n) is 7.40. The van der Waals surface area contributed by atoms with Gasteiger partial charge in [-0.2, -0.15) is 0 Å². The van der Waals surface area contributed by atoms with Crippen molar-refractivity contribution >= 4 is 21.6 Å². The third kappa shape index (κ3) is 6.25. The van der Waals surface area contributed by atoms with Crippen LogP contribution in [0.25, 0.3) is 11.4 Å². The van der Waals surface area contributed by atoms with Gasteiger partial charge in [0.05, 0.1) is 4.90 Å². The summed E-state index contributed by atoms with van der Waals surface area (Å²) in [4.78, 5) is 31.0. The molecule has 0 aliphatic heterocycles. The Bertz CT molecular complexity index is 1270.